The first-order chi connectivity index (χ1) is 10.7. The largest absolute Gasteiger partial charge is 0.497 e. The molecule has 1 N–H and O–H groups in total. The molecule has 0 radical (unpaired) electrons. The molecule has 0 saturated carbocycles. The summed E-state index contributed by atoms with van der Waals surface area (Å²) >= 11 is 0. The maximum Gasteiger partial charge on any atom is 0.250 e. The SMILES string of the molecule is COc1cccc(COCC(=O)Nc2ccc(C#N)cc2)c1. The van der Waals surface area contributed by atoms with Crippen LogP contribution in [0.15, 0.2) is 48.5 Å². The molecule has 0 bridgehead atoms. The summed E-state index contributed by atoms with van der Waals surface area (Å²) in [5.41, 5.74) is 2.12. The molecule has 5 heteroatoms. The molecular weight excluding hydrogens is 280 g/mol. The fourth-order valence-corrected chi connectivity index (χ4v) is 1.85. The minimum atomic E-state index is -0.243. The van der Waals surface area contributed by atoms with Crippen molar-refractivity contribution in [3.8, 4) is 11.8 Å². The van der Waals surface area contributed by atoms with Crippen LogP contribution in [0, 0.1) is 11.3 Å². The van der Waals surface area contributed by atoms with Gasteiger partial charge in [0.15, 0.2) is 0 Å². The third-order valence-corrected chi connectivity index (χ3v) is 2.93. The molecular formula is C17H16N2O3. The highest BCUT2D eigenvalue weighted by Gasteiger charge is 2.03. The number of ether oxygens (including phenoxy) is 2. The molecule has 0 aliphatic heterocycles. The molecule has 22 heavy (non-hydrogen) atoms. The molecule has 2 aromatic rings. The Bertz CT molecular complexity index is 675. The third kappa shape index (κ3) is 4.62. The van der Waals surface area contributed by atoms with Crippen molar-refractivity contribution in [2.24, 2.45) is 0 Å². The summed E-state index contributed by atoms with van der Waals surface area (Å²) in [4.78, 5) is 11.8. The van der Waals surface area contributed by atoms with Crippen molar-refractivity contribution in [2.45, 2.75) is 6.61 Å². The summed E-state index contributed by atoms with van der Waals surface area (Å²) in [5.74, 6) is 0.510. The predicted molar refractivity (Wildman–Crippen MR) is 82.4 cm³/mol. The van der Waals surface area contributed by atoms with Crippen molar-refractivity contribution < 1.29 is 14.3 Å². The summed E-state index contributed by atoms with van der Waals surface area (Å²) in [6.07, 6.45) is 0. The zero-order chi connectivity index (χ0) is 15.8. The molecule has 0 heterocycles. The number of nitriles is 1. The van der Waals surface area contributed by atoms with E-state index in [1.807, 2.05) is 30.3 Å². The molecule has 0 fully saturated rings. The average molecular weight is 296 g/mol. The zero-order valence-corrected chi connectivity index (χ0v) is 12.2. The second-order valence-corrected chi connectivity index (χ2v) is 4.58. The van der Waals surface area contributed by atoms with E-state index in [0.717, 1.165) is 11.3 Å². The monoisotopic (exact) mass is 296 g/mol. The fraction of sp³-hybridized carbons (Fsp3) is 0.176. The maximum absolute atomic E-state index is 11.8. The highest BCUT2D eigenvalue weighted by atomic mass is 16.5. The number of methoxy groups -OCH3 is 1. The summed E-state index contributed by atoms with van der Waals surface area (Å²) < 4.78 is 10.5. The first-order valence-electron chi connectivity index (χ1n) is 6.72. The van der Waals surface area contributed by atoms with Gasteiger partial charge in [-0.2, -0.15) is 5.26 Å². The van der Waals surface area contributed by atoms with E-state index < -0.39 is 0 Å². The van der Waals surface area contributed by atoms with Gasteiger partial charge in [0.05, 0.1) is 25.3 Å². The number of benzene rings is 2. The van der Waals surface area contributed by atoms with E-state index in [9.17, 15) is 4.79 Å². The second-order valence-electron chi connectivity index (χ2n) is 4.58. The quantitative estimate of drug-likeness (QED) is 0.889. The fourth-order valence-electron chi connectivity index (χ4n) is 1.85. The van der Waals surface area contributed by atoms with Crippen molar-refractivity contribution in [1.82, 2.24) is 0 Å². The average Bonchev–Trinajstić information content (AvgIpc) is 2.56. The Labute approximate surface area is 129 Å². The van der Waals surface area contributed by atoms with Crippen LogP contribution >= 0.6 is 0 Å². The van der Waals surface area contributed by atoms with Gasteiger partial charge in [0.1, 0.15) is 12.4 Å². The molecule has 0 spiro atoms. The van der Waals surface area contributed by atoms with Crippen molar-refractivity contribution in [3.05, 3.63) is 59.7 Å². The molecule has 0 saturated heterocycles. The van der Waals surface area contributed by atoms with Crippen LogP contribution in [0.2, 0.25) is 0 Å². The Balaban J connectivity index is 1.78. The summed E-state index contributed by atoms with van der Waals surface area (Å²) in [7, 11) is 1.60. The summed E-state index contributed by atoms with van der Waals surface area (Å²) in [6.45, 7) is 0.287. The van der Waals surface area contributed by atoms with E-state index in [4.69, 9.17) is 14.7 Å². The van der Waals surface area contributed by atoms with Gasteiger partial charge in [-0.25, -0.2) is 0 Å². The topological polar surface area (TPSA) is 71.3 Å². The van der Waals surface area contributed by atoms with Crippen molar-refractivity contribution >= 4 is 11.6 Å². The lowest BCUT2D eigenvalue weighted by molar-refractivity contribution is -0.121. The number of amides is 1. The molecule has 0 aliphatic rings. The molecule has 2 rings (SSSR count). The van der Waals surface area contributed by atoms with E-state index in [1.54, 1.807) is 31.4 Å². The minimum Gasteiger partial charge on any atom is -0.497 e. The minimum absolute atomic E-state index is 0.0444. The number of hydrogen-bond donors (Lipinski definition) is 1. The second kappa shape index (κ2) is 7.81. The third-order valence-electron chi connectivity index (χ3n) is 2.93. The lowest BCUT2D eigenvalue weighted by Gasteiger charge is -2.07. The highest BCUT2D eigenvalue weighted by molar-refractivity contribution is 5.91. The maximum atomic E-state index is 11.8. The normalized spacial score (nSPS) is 9.82. The van der Waals surface area contributed by atoms with E-state index in [1.165, 1.54) is 0 Å². The van der Waals surface area contributed by atoms with Crippen molar-refractivity contribution in [3.63, 3.8) is 0 Å². The van der Waals surface area contributed by atoms with Crippen LogP contribution in [0.5, 0.6) is 5.75 Å². The van der Waals surface area contributed by atoms with Crippen LogP contribution in [0.1, 0.15) is 11.1 Å². The predicted octanol–water partition coefficient (Wildman–Crippen LogP) is 2.72. The van der Waals surface area contributed by atoms with E-state index in [2.05, 4.69) is 5.32 Å². The summed E-state index contributed by atoms with van der Waals surface area (Å²) in [5, 5.41) is 11.4. The van der Waals surface area contributed by atoms with Gasteiger partial charge in [0, 0.05) is 5.69 Å². The van der Waals surface area contributed by atoms with Gasteiger partial charge in [-0.1, -0.05) is 12.1 Å². The molecule has 0 atom stereocenters. The van der Waals surface area contributed by atoms with Crippen LogP contribution in [0.4, 0.5) is 5.69 Å². The molecule has 1 amide bonds. The number of rotatable bonds is 6. The standard InChI is InChI=1S/C17H16N2O3/c1-21-16-4-2-3-14(9-16)11-22-12-17(20)19-15-7-5-13(10-18)6-8-15/h2-9H,11-12H2,1H3,(H,19,20). The van der Waals surface area contributed by atoms with Crippen LogP contribution in [0.3, 0.4) is 0 Å². The Hall–Kier alpha value is -2.84. The van der Waals surface area contributed by atoms with E-state index in [-0.39, 0.29) is 12.5 Å². The van der Waals surface area contributed by atoms with Gasteiger partial charge in [-0.15, -0.1) is 0 Å². The van der Waals surface area contributed by atoms with Crippen molar-refractivity contribution in [2.75, 3.05) is 19.0 Å². The van der Waals surface area contributed by atoms with E-state index in [0.29, 0.717) is 17.9 Å². The Morgan fingerprint density at radius 1 is 1.23 bits per heavy atom. The van der Waals surface area contributed by atoms with Gasteiger partial charge in [-0.3, -0.25) is 4.79 Å². The van der Waals surface area contributed by atoms with Crippen LogP contribution in [0.25, 0.3) is 0 Å². The number of hydrogen-bond acceptors (Lipinski definition) is 4. The first-order valence-corrected chi connectivity index (χ1v) is 6.72. The molecule has 2 aromatic carbocycles. The first kappa shape index (κ1) is 15.5. The number of nitrogens with zero attached hydrogens (tertiary/aromatic N) is 1. The smallest absolute Gasteiger partial charge is 0.250 e. The number of carbonyl (C=O) groups excluding carboxylic acids is 1. The van der Waals surface area contributed by atoms with Crippen LogP contribution in [-0.2, 0) is 16.1 Å². The zero-order valence-electron chi connectivity index (χ0n) is 12.2. The molecule has 112 valence electrons. The van der Waals surface area contributed by atoms with Crippen LogP contribution < -0.4 is 10.1 Å². The number of anilines is 1. The number of nitrogens with one attached hydrogen (secondary N) is 1. The van der Waals surface area contributed by atoms with Gasteiger partial charge in [-0.05, 0) is 42.0 Å². The van der Waals surface area contributed by atoms with Gasteiger partial charge in [0.25, 0.3) is 0 Å². The van der Waals surface area contributed by atoms with Crippen LogP contribution in [-0.4, -0.2) is 19.6 Å². The summed E-state index contributed by atoms with van der Waals surface area (Å²) in [6, 6.07) is 16.2. The Morgan fingerprint density at radius 2 is 2.00 bits per heavy atom. The lowest BCUT2D eigenvalue weighted by atomic mass is 10.2. The van der Waals surface area contributed by atoms with Gasteiger partial charge in [0.2, 0.25) is 5.91 Å². The van der Waals surface area contributed by atoms with Gasteiger partial charge < -0.3 is 14.8 Å². The van der Waals surface area contributed by atoms with Crippen molar-refractivity contribution in [1.29, 1.82) is 5.26 Å². The Kier molecular flexibility index (Phi) is 5.52. The molecule has 5 nitrogen and oxygen atoms in total. The number of carbonyl (C=O) groups is 1. The molecule has 0 aromatic heterocycles. The lowest BCUT2D eigenvalue weighted by Crippen LogP contribution is -2.18. The van der Waals surface area contributed by atoms with E-state index >= 15 is 0 Å². The Morgan fingerprint density at radius 3 is 2.68 bits per heavy atom. The molecule has 0 aliphatic carbocycles. The molecule has 0 unspecified atom stereocenters. The van der Waals surface area contributed by atoms with Gasteiger partial charge >= 0.3 is 0 Å². The highest BCUT2D eigenvalue weighted by Crippen LogP contribution is 2.13.